The maximum atomic E-state index is 13.2. The van der Waals surface area contributed by atoms with E-state index in [0.717, 1.165) is 10.5 Å². The number of nitrogens with one attached hydrogen (secondary N) is 1. The topological polar surface area (TPSA) is 157 Å². The summed E-state index contributed by atoms with van der Waals surface area (Å²) in [5.74, 6) is -0.700. The Bertz CT molecular complexity index is 1570. The average molecular weight is 637 g/mol. The molecular weight excluding hydrogens is 596 g/mol. The number of nitrogens with zero attached hydrogens (tertiary/aromatic N) is 3. The van der Waals surface area contributed by atoms with Crippen LogP contribution < -0.4 is 15.0 Å². The van der Waals surface area contributed by atoms with E-state index in [0.29, 0.717) is 23.1 Å². The predicted octanol–water partition coefficient (Wildman–Crippen LogP) is 4.65. The van der Waals surface area contributed by atoms with Crippen LogP contribution in [0.2, 0.25) is 0 Å². The number of fused-ring (bicyclic) bond motifs is 1. The van der Waals surface area contributed by atoms with E-state index in [4.69, 9.17) is 18.9 Å². The number of hydrogen-bond acceptors (Lipinski definition) is 10. The number of imide groups is 1. The summed E-state index contributed by atoms with van der Waals surface area (Å²) >= 11 is 0. The van der Waals surface area contributed by atoms with Crippen molar-refractivity contribution in [2.45, 2.75) is 71.5 Å². The van der Waals surface area contributed by atoms with Crippen LogP contribution >= 0.6 is 0 Å². The number of benzene rings is 2. The van der Waals surface area contributed by atoms with Crippen molar-refractivity contribution in [1.82, 2.24) is 9.88 Å². The number of morpholine rings is 1. The highest BCUT2D eigenvalue weighted by atomic mass is 16.6. The molecule has 0 bridgehead atoms. The Labute approximate surface area is 267 Å². The van der Waals surface area contributed by atoms with Gasteiger partial charge in [-0.15, -0.1) is 0 Å². The second-order valence-corrected chi connectivity index (χ2v) is 12.7. The molecule has 2 N–H and O–H groups in total. The van der Waals surface area contributed by atoms with Gasteiger partial charge < -0.3 is 34.3 Å². The maximum absolute atomic E-state index is 13.2. The van der Waals surface area contributed by atoms with Gasteiger partial charge in [0.1, 0.15) is 17.0 Å². The summed E-state index contributed by atoms with van der Waals surface area (Å²) < 4.78 is 21.6. The van der Waals surface area contributed by atoms with Gasteiger partial charge in [0.05, 0.1) is 13.7 Å². The number of ether oxygens (including phenoxy) is 4. The molecule has 3 aromatic rings. The zero-order valence-electron chi connectivity index (χ0n) is 27.0. The molecule has 0 saturated carbocycles. The Kier molecular flexibility index (Phi) is 10.2. The molecule has 0 radical (unpaired) electrons. The molecule has 1 aromatic heterocycles. The number of carbonyl (C=O) groups is 4. The van der Waals surface area contributed by atoms with Gasteiger partial charge in [-0.25, -0.2) is 14.6 Å². The molecular formula is C33H40N4O9. The molecule has 4 rings (SSSR count). The van der Waals surface area contributed by atoms with Gasteiger partial charge in [-0.05, 0) is 88.9 Å². The largest absolute Gasteiger partial charge is 0.497 e. The van der Waals surface area contributed by atoms with Crippen molar-refractivity contribution in [1.29, 1.82) is 0 Å². The van der Waals surface area contributed by atoms with Gasteiger partial charge in [-0.2, -0.15) is 4.90 Å². The number of aliphatic hydroxyl groups is 1. The van der Waals surface area contributed by atoms with Gasteiger partial charge in [-0.1, -0.05) is 12.1 Å². The number of aliphatic hydroxyl groups excluding tert-OH is 1. The monoisotopic (exact) mass is 636 g/mol. The second kappa shape index (κ2) is 13.7. The summed E-state index contributed by atoms with van der Waals surface area (Å²) in [5.41, 5.74) is -0.670. The third-order valence-corrected chi connectivity index (χ3v) is 6.68. The van der Waals surface area contributed by atoms with Crippen molar-refractivity contribution >= 4 is 46.3 Å². The van der Waals surface area contributed by atoms with Crippen LogP contribution in [0.1, 0.15) is 47.1 Å². The van der Waals surface area contributed by atoms with Crippen LogP contribution in [-0.4, -0.2) is 82.7 Å². The van der Waals surface area contributed by atoms with Crippen LogP contribution in [0.5, 0.6) is 5.75 Å². The number of anilines is 2. The molecule has 46 heavy (non-hydrogen) atoms. The first kappa shape index (κ1) is 34.1. The smallest absolute Gasteiger partial charge is 0.425 e. The fraction of sp³-hybridized carbons (Fsp3) is 0.424. The zero-order chi connectivity index (χ0) is 33.8. The number of rotatable bonds is 7. The summed E-state index contributed by atoms with van der Waals surface area (Å²) in [6.07, 6.45) is -3.73. The van der Waals surface area contributed by atoms with Crippen LogP contribution in [-0.2, 0) is 30.3 Å². The molecule has 2 atom stereocenters. The van der Waals surface area contributed by atoms with Crippen molar-refractivity contribution in [2.75, 3.05) is 30.5 Å². The number of carbonyl (C=O) groups excluding carboxylic acids is 4. The number of hydrogen-bond donors (Lipinski definition) is 2. The third kappa shape index (κ3) is 8.49. The van der Waals surface area contributed by atoms with Crippen LogP contribution in [0.15, 0.2) is 54.7 Å². The lowest BCUT2D eigenvalue weighted by molar-refractivity contribution is -0.166. The van der Waals surface area contributed by atoms with E-state index in [1.54, 1.807) is 79.0 Å². The summed E-state index contributed by atoms with van der Waals surface area (Å²) in [7, 11) is 1.57. The third-order valence-electron chi connectivity index (χ3n) is 6.68. The molecule has 1 aliphatic rings. The highest BCUT2D eigenvalue weighted by Crippen LogP contribution is 2.30. The molecule has 0 aliphatic carbocycles. The Morgan fingerprint density at radius 3 is 2.24 bits per heavy atom. The minimum absolute atomic E-state index is 0.0305. The molecule has 2 heterocycles. The van der Waals surface area contributed by atoms with Gasteiger partial charge >= 0.3 is 12.2 Å². The number of pyridine rings is 1. The molecule has 0 unspecified atom stereocenters. The molecule has 0 spiro atoms. The summed E-state index contributed by atoms with van der Waals surface area (Å²) in [5, 5.41) is 14.3. The summed E-state index contributed by atoms with van der Waals surface area (Å²) in [6, 6.07) is 13.5. The summed E-state index contributed by atoms with van der Waals surface area (Å²) in [6.45, 7) is 10.7. The molecule has 246 valence electrons. The summed E-state index contributed by atoms with van der Waals surface area (Å²) in [4.78, 5) is 59.1. The quantitative estimate of drug-likeness (QED) is 0.374. The Morgan fingerprint density at radius 2 is 1.65 bits per heavy atom. The van der Waals surface area contributed by atoms with Gasteiger partial charge in [0, 0.05) is 30.4 Å². The zero-order valence-corrected chi connectivity index (χ0v) is 27.0. The van der Waals surface area contributed by atoms with Crippen LogP contribution in [0.4, 0.5) is 21.1 Å². The minimum Gasteiger partial charge on any atom is -0.497 e. The first-order chi connectivity index (χ1) is 21.6. The molecule has 1 aliphatic heterocycles. The Balaban J connectivity index is 1.52. The van der Waals surface area contributed by atoms with E-state index in [1.807, 2.05) is 12.1 Å². The van der Waals surface area contributed by atoms with Crippen LogP contribution in [0, 0.1) is 0 Å². The molecule has 13 nitrogen and oxygen atoms in total. The number of amides is 4. The second-order valence-electron chi connectivity index (χ2n) is 12.7. The fourth-order valence-electron chi connectivity index (χ4n) is 4.62. The SMILES string of the molecule is COc1ccc(CN2CCO[C@H]([C@@H](O)C(=O)Nc3ccc4c(N(C(=O)OC(C)(C)C)C(=O)OC(C)(C)C)nccc4c3)C2=O)cc1. The predicted molar refractivity (Wildman–Crippen MR) is 169 cm³/mol. The van der Waals surface area contributed by atoms with E-state index in [9.17, 15) is 24.3 Å². The fourth-order valence-corrected chi connectivity index (χ4v) is 4.62. The van der Waals surface area contributed by atoms with Crippen molar-refractivity contribution < 1.29 is 43.2 Å². The van der Waals surface area contributed by atoms with Crippen LogP contribution in [0.25, 0.3) is 10.8 Å². The normalized spacial score (nSPS) is 16.0. The van der Waals surface area contributed by atoms with Crippen LogP contribution in [0.3, 0.4) is 0 Å². The Hall–Kier alpha value is -4.75. The molecule has 13 heteroatoms. The maximum Gasteiger partial charge on any atom is 0.425 e. The van der Waals surface area contributed by atoms with E-state index in [-0.39, 0.29) is 24.7 Å². The van der Waals surface area contributed by atoms with Crippen molar-refractivity contribution in [3.05, 3.63) is 60.3 Å². The van der Waals surface area contributed by atoms with Crippen molar-refractivity contribution in [3.8, 4) is 5.75 Å². The highest BCUT2D eigenvalue weighted by molar-refractivity contribution is 6.14. The molecule has 1 saturated heterocycles. The molecule has 4 amide bonds. The van der Waals surface area contributed by atoms with Gasteiger partial charge in [0.15, 0.2) is 18.0 Å². The standard InChI is InChI=1S/C33H40N4O9/c1-32(2,3)45-30(41)37(31(42)46-33(4,5)6)27-24-13-10-22(18-21(24)14-15-34-27)35-28(39)25(38)26-29(40)36(16-17-44-26)19-20-8-11-23(43-7)12-9-20/h8-15,18,25-26,38H,16-17,19H2,1-7H3,(H,35,39)/t25-,26-/m1/s1. The van der Waals surface area contributed by atoms with E-state index < -0.39 is 47.4 Å². The molecule has 2 aromatic carbocycles. The lowest BCUT2D eigenvalue weighted by Crippen LogP contribution is -2.54. The highest BCUT2D eigenvalue weighted by Gasteiger charge is 2.39. The average Bonchev–Trinajstić information content (AvgIpc) is 2.96. The molecule has 1 fully saturated rings. The van der Waals surface area contributed by atoms with E-state index >= 15 is 0 Å². The Morgan fingerprint density at radius 1 is 1.02 bits per heavy atom. The van der Waals surface area contributed by atoms with Crippen molar-refractivity contribution in [2.24, 2.45) is 0 Å². The lowest BCUT2D eigenvalue weighted by Gasteiger charge is -2.34. The van der Waals surface area contributed by atoms with E-state index in [2.05, 4.69) is 10.3 Å². The van der Waals surface area contributed by atoms with Crippen molar-refractivity contribution in [3.63, 3.8) is 0 Å². The first-order valence-corrected chi connectivity index (χ1v) is 14.7. The van der Waals surface area contributed by atoms with Gasteiger partial charge in [0.25, 0.3) is 11.8 Å². The minimum atomic E-state index is -1.79. The first-order valence-electron chi connectivity index (χ1n) is 14.7. The van der Waals surface area contributed by atoms with Gasteiger partial charge in [-0.3, -0.25) is 9.59 Å². The van der Waals surface area contributed by atoms with E-state index in [1.165, 1.54) is 17.2 Å². The lowest BCUT2D eigenvalue weighted by atomic mass is 10.1. The number of methoxy groups -OCH3 is 1. The van der Waals surface area contributed by atoms with Gasteiger partial charge in [0.2, 0.25) is 0 Å². The number of aromatic nitrogens is 1.